The van der Waals surface area contributed by atoms with Crippen LogP contribution >= 0.6 is 0 Å². The fraction of sp³-hybridized carbons (Fsp3) is 1.00. The number of aliphatic hydroxyl groups excluding tert-OH is 1. The average molecular weight is 148 g/mol. The summed E-state index contributed by atoms with van der Waals surface area (Å²) in [7, 11) is 0. The van der Waals surface area contributed by atoms with Crippen molar-refractivity contribution in [2.24, 2.45) is 47.3 Å². The van der Waals surface area contributed by atoms with Crippen LogP contribution in [0.5, 0.6) is 0 Å². The van der Waals surface area contributed by atoms with Crippen LogP contribution in [0.25, 0.3) is 0 Å². The summed E-state index contributed by atoms with van der Waals surface area (Å²) in [5.41, 5.74) is 0. The standard InChI is InChI=1S/C10H12O/c11-10-7-3-1-2-4-5(3)9(10)8(4)6(2)7/h2-11H,1H2/t2-,3-,4-,5+,6-,7-,8-,9-,10-/m1/s1. The van der Waals surface area contributed by atoms with Gasteiger partial charge in [-0.25, -0.2) is 0 Å². The van der Waals surface area contributed by atoms with Crippen LogP contribution in [0.1, 0.15) is 6.42 Å². The molecule has 0 aliphatic heterocycles. The van der Waals surface area contributed by atoms with Crippen LogP contribution in [0, 0.1) is 47.3 Å². The highest BCUT2D eigenvalue weighted by Gasteiger charge is 2.86. The molecule has 58 valence electrons. The molecule has 6 saturated carbocycles. The largest absolute Gasteiger partial charge is 0.393 e. The lowest BCUT2D eigenvalue weighted by Gasteiger charge is -2.63. The molecule has 6 aliphatic carbocycles. The van der Waals surface area contributed by atoms with E-state index in [0.717, 1.165) is 47.3 Å². The molecule has 6 rings (SSSR count). The van der Waals surface area contributed by atoms with Crippen LogP contribution in [0.3, 0.4) is 0 Å². The minimum atomic E-state index is 0.156. The van der Waals surface area contributed by atoms with Gasteiger partial charge in [-0.05, 0) is 53.8 Å². The SMILES string of the molecule is O[C@H]1[C@@H]2[C@H]3[C@H]4C[C@@H]5[C@H]3[C@@H]2[C@H]5[C@H]14. The number of rotatable bonds is 0. The highest BCUT2D eigenvalue weighted by atomic mass is 16.3. The molecular weight excluding hydrogens is 136 g/mol. The first-order valence-electron chi connectivity index (χ1n) is 5.07. The van der Waals surface area contributed by atoms with Crippen LogP contribution < -0.4 is 0 Å². The third kappa shape index (κ3) is 0.234. The van der Waals surface area contributed by atoms with Crippen LogP contribution in [-0.4, -0.2) is 11.2 Å². The van der Waals surface area contributed by atoms with E-state index in [9.17, 15) is 5.11 Å². The average Bonchev–Trinajstić information content (AvgIpc) is 2.40. The Hall–Kier alpha value is -0.0400. The number of aliphatic hydroxyl groups is 1. The predicted molar refractivity (Wildman–Crippen MR) is 38.5 cm³/mol. The Kier molecular flexibility index (Phi) is 0.452. The minimum absolute atomic E-state index is 0.156. The van der Waals surface area contributed by atoms with Crippen molar-refractivity contribution in [3.05, 3.63) is 0 Å². The van der Waals surface area contributed by atoms with Crippen LogP contribution in [0.4, 0.5) is 0 Å². The predicted octanol–water partition coefficient (Wildman–Crippen LogP) is 0.735. The number of hydrogen-bond donors (Lipinski definition) is 1. The van der Waals surface area contributed by atoms with Gasteiger partial charge in [0, 0.05) is 0 Å². The van der Waals surface area contributed by atoms with Crippen molar-refractivity contribution in [2.45, 2.75) is 12.5 Å². The highest BCUT2D eigenvalue weighted by molar-refractivity contribution is 5.33. The summed E-state index contributed by atoms with van der Waals surface area (Å²) < 4.78 is 0. The molecule has 0 aromatic rings. The summed E-state index contributed by atoms with van der Waals surface area (Å²) in [5.74, 6) is 7.91. The maximum absolute atomic E-state index is 9.92. The van der Waals surface area contributed by atoms with Crippen molar-refractivity contribution in [1.29, 1.82) is 0 Å². The molecule has 0 saturated heterocycles. The molecule has 0 amide bonds. The van der Waals surface area contributed by atoms with E-state index in [-0.39, 0.29) is 6.10 Å². The molecule has 6 fully saturated rings. The van der Waals surface area contributed by atoms with Gasteiger partial charge in [-0.2, -0.15) is 0 Å². The number of hydrogen-bond acceptors (Lipinski definition) is 1. The molecule has 11 heavy (non-hydrogen) atoms. The fourth-order valence-electron chi connectivity index (χ4n) is 6.15. The van der Waals surface area contributed by atoms with E-state index < -0.39 is 0 Å². The summed E-state index contributed by atoms with van der Waals surface area (Å²) >= 11 is 0. The molecule has 0 aromatic heterocycles. The first-order chi connectivity index (χ1) is 5.39. The van der Waals surface area contributed by atoms with E-state index in [0.29, 0.717) is 0 Å². The summed E-state index contributed by atoms with van der Waals surface area (Å²) in [6.45, 7) is 0. The fourth-order valence-corrected chi connectivity index (χ4v) is 6.15. The molecule has 1 heteroatoms. The van der Waals surface area contributed by atoms with Gasteiger partial charge >= 0.3 is 0 Å². The Bertz CT molecular complexity index is 264. The van der Waals surface area contributed by atoms with Crippen molar-refractivity contribution in [1.82, 2.24) is 0 Å². The van der Waals surface area contributed by atoms with Gasteiger partial charge in [-0.3, -0.25) is 0 Å². The molecule has 4 bridgehead atoms. The zero-order chi connectivity index (χ0) is 6.90. The van der Waals surface area contributed by atoms with Gasteiger partial charge in [0.15, 0.2) is 0 Å². The van der Waals surface area contributed by atoms with Crippen molar-refractivity contribution in [3.63, 3.8) is 0 Å². The molecule has 0 spiro atoms. The molecule has 1 N–H and O–H groups in total. The van der Waals surface area contributed by atoms with Crippen molar-refractivity contribution >= 4 is 0 Å². The Morgan fingerprint density at radius 3 is 2.00 bits per heavy atom. The normalized spacial score (nSPS) is 90.8. The van der Waals surface area contributed by atoms with Crippen LogP contribution in [-0.2, 0) is 0 Å². The van der Waals surface area contributed by atoms with Crippen molar-refractivity contribution in [3.8, 4) is 0 Å². The maximum Gasteiger partial charge on any atom is 0.0607 e. The van der Waals surface area contributed by atoms with Gasteiger partial charge in [0.05, 0.1) is 6.10 Å². The van der Waals surface area contributed by atoms with Gasteiger partial charge in [0.1, 0.15) is 0 Å². The van der Waals surface area contributed by atoms with E-state index in [1.165, 1.54) is 6.42 Å². The Balaban J connectivity index is 1.88. The van der Waals surface area contributed by atoms with E-state index in [1.807, 2.05) is 0 Å². The van der Waals surface area contributed by atoms with E-state index in [2.05, 4.69) is 0 Å². The third-order valence-electron chi connectivity index (χ3n) is 5.98. The molecule has 1 nitrogen and oxygen atoms in total. The van der Waals surface area contributed by atoms with Gasteiger partial charge < -0.3 is 5.11 Å². The third-order valence-corrected chi connectivity index (χ3v) is 5.98. The van der Waals surface area contributed by atoms with Crippen LogP contribution in [0.15, 0.2) is 0 Å². The van der Waals surface area contributed by atoms with Crippen LogP contribution in [0.2, 0.25) is 0 Å². The lowest BCUT2D eigenvalue weighted by molar-refractivity contribution is -0.172. The summed E-state index contributed by atoms with van der Waals surface area (Å²) in [4.78, 5) is 0. The second-order valence-corrected chi connectivity index (χ2v) is 5.52. The highest BCUT2D eigenvalue weighted by Crippen LogP contribution is 2.88. The van der Waals surface area contributed by atoms with Crippen molar-refractivity contribution in [2.75, 3.05) is 0 Å². The van der Waals surface area contributed by atoms with Gasteiger partial charge in [-0.15, -0.1) is 0 Å². The quantitative estimate of drug-likeness (QED) is 0.537. The molecule has 9 atom stereocenters. The first-order valence-corrected chi connectivity index (χ1v) is 5.07. The lowest BCUT2D eigenvalue weighted by atomic mass is 9.41. The Labute approximate surface area is 65.8 Å². The zero-order valence-electron chi connectivity index (χ0n) is 6.35. The molecule has 6 aliphatic rings. The molecule has 0 radical (unpaired) electrons. The van der Waals surface area contributed by atoms with Gasteiger partial charge in [0.25, 0.3) is 0 Å². The van der Waals surface area contributed by atoms with E-state index >= 15 is 0 Å². The first kappa shape index (κ1) is 4.86. The monoisotopic (exact) mass is 148 g/mol. The summed E-state index contributed by atoms with van der Waals surface area (Å²) in [6, 6.07) is 0. The minimum Gasteiger partial charge on any atom is -0.393 e. The second-order valence-electron chi connectivity index (χ2n) is 5.52. The smallest absolute Gasteiger partial charge is 0.0607 e. The molecule has 0 unspecified atom stereocenters. The Morgan fingerprint density at radius 1 is 0.727 bits per heavy atom. The molecular formula is C10H12O. The molecule has 0 aromatic carbocycles. The lowest BCUT2D eigenvalue weighted by Crippen LogP contribution is -2.60. The van der Waals surface area contributed by atoms with E-state index in [1.54, 1.807) is 0 Å². The van der Waals surface area contributed by atoms with Gasteiger partial charge in [0.2, 0.25) is 0 Å². The van der Waals surface area contributed by atoms with Crippen molar-refractivity contribution < 1.29 is 5.11 Å². The molecule has 0 heterocycles. The zero-order valence-corrected chi connectivity index (χ0v) is 6.35. The second kappa shape index (κ2) is 1.02. The van der Waals surface area contributed by atoms with Gasteiger partial charge in [-0.1, -0.05) is 0 Å². The summed E-state index contributed by atoms with van der Waals surface area (Å²) in [6.07, 6.45) is 1.66. The Morgan fingerprint density at radius 2 is 1.36 bits per heavy atom. The maximum atomic E-state index is 9.92. The summed E-state index contributed by atoms with van der Waals surface area (Å²) in [5, 5.41) is 9.92. The van der Waals surface area contributed by atoms with E-state index in [4.69, 9.17) is 0 Å². The topological polar surface area (TPSA) is 20.2 Å².